The van der Waals surface area contributed by atoms with Crippen molar-refractivity contribution in [1.82, 2.24) is 0 Å². The monoisotopic (exact) mass is 153 g/mol. The lowest BCUT2D eigenvalue weighted by Crippen LogP contribution is -1.87. The molecule has 0 amide bonds. The maximum absolute atomic E-state index is 4.28. The Kier molecular flexibility index (Phi) is 2.22. The van der Waals surface area contributed by atoms with Gasteiger partial charge in [-0.1, -0.05) is 6.07 Å². The zero-order chi connectivity index (χ0) is 7.56. The summed E-state index contributed by atoms with van der Waals surface area (Å²) >= 11 is 4.28. The van der Waals surface area contributed by atoms with Crippen molar-refractivity contribution in [1.29, 1.82) is 0 Å². The van der Waals surface area contributed by atoms with Gasteiger partial charge in [0.15, 0.2) is 0 Å². The highest BCUT2D eigenvalue weighted by Gasteiger charge is 1.92. The van der Waals surface area contributed by atoms with Crippen LogP contribution in [0.1, 0.15) is 5.56 Å². The number of hydrogen-bond donors (Lipinski definition) is 2. The van der Waals surface area contributed by atoms with Gasteiger partial charge in [0.25, 0.3) is 0 Å². The summed E-state index contributed by atoms with van der Waals surface area (Å²) in [5.41, 5.74) is 2.32. The molecular formula is C8H11NS. The molecule has 1 N–H and O–H groups in total. The van der Waals surface area contributed by atoms with Crippen molar-refractivity contribution >= 4 is 18.3 Å². The van der Waals surface area contributed by atoms with Crippen LogP contribution in [0.5, 0.6) is 0 Å². The third-order valence-corrected chi connectivity index (χ3v) is 1.98. The molecule has 0 saturated heterocycles. The van der Waals surface area contributed by atoms with Crippen LogP contribution in [-0.4, -0.2) is 7.05 Å². The van der Waals surface area contributed by atoms with Gasteiger partial charge in [0.05, 0.1) is 0 Å². The zero-order valence-electron chi connectivity index (χ0n) is 6.18. The van der Waals surface area contributed by atoms with Crippen LogP contribution in [0.4, 0.5) is 5.69 Å². The molecule has 0 saturated carbocycles. The van der Waals surface area contributed by atoms with Crippen LogP contribution in [0.25, 0.3) is 0 Å². The van der Waals surface area contributed by atoms with Gasteiger partial charge < -0.3 is 5.32 Å². The number of aryl methyl sites for hydroxylation is 1. The molecule has 1 aromatic carbocycles. The standard InChI is InChI=1S/C8H11NS/c1-6-3-4-7(9-2)5-8(6)10/h3-5,9-10H,1-2H3. The van der Waals surface area contributed by atoms with Crippen molar-refractivity contribution in [3.8, 4) is 0 Å². The molecule has 0 aliphatic heterocycles. The molecule has 0 aliphatic rings. The molecule has 54 valence electrons. The Balaban J connectivity index is 3.04. The average Bonchev–Trinajstić information content (AvgIpc) is 1.95. The number of hydrogen-bond acceptors (Lipinski definition) is 2. The summed E-state index contributed by atoms with van der Waals surface area (Å²) in [7, 11) is 1.90. The Labute approximate surface area is 66.9 Å². The number of anilines is 1. The first-order valence-electron chi connectivity index (χ1n) is 3.21. The fraction of sp³-hybridized carbons (Fsp3) is 0.250. The lowest BCUT2D eigenvalue weighted by Gasteiger charge is -2.02. The van der Waals surface area contributed by atoms with Crippen molar-refractivity contribution in [2.24, 2.45) is 0 Å². The SMILES string of the molecule is CNc1ccc(C)c(S)c1. The highest BCUT2D eigenvalue weighted by Crippen LogP contribution is 2.17. The normalized spacial score (nSPS) is 9.50. The number of rotatable bonds is 1. The second-order valence-corrected chi connectivity index (χ2v) is 2.73. The first kappa shape index (κ1) is 7.48. The van der Waals surface area contributed by atoms with Crippen LogP contribution in [0, 0.1) is 6.92 Å². The van der Waals surface area contributed by atoms with Crippen LogP contribution >= 0.6 is 12.6 Å². The van der Waals surface area contributed by atoms with E-state index in [0.717, 1.165) is 10.6 Å². The van der Waals surface area contributed by atoms with Gasteiger partial charge in [-0.25, -0.2) is 0 Å². The highest BCUT2D eigenvalue weighted by atomic mass is 32.1. The van der Waals surface area contributed by atoms with E-state index >= 15 is 0 Å². The zero-order valence-corrected chi connectivity index (χ0v) is 7.07. The van der Waals surface area contributed by atoms with Crippen LogP contribution in [-0.2, 0) is 0 Å². The van der Waals surface area contributed by atoms with E-state index in [4.69, 9.17) is 0 Å². The molecule has 0 fully saturated rings. The summed E-state index contributed by atoms with van der Waals surface area (Å²) in [5, 5.41) is 3.05. The van der Waals surface area contributed by atoms with E-state index < -0.39 is 0 Å². The van der Waals surface area contributed by atoms with Crippen molar-refractivity contribution in [3.63, 3.8) is 0 Å². The maximum atomic E-state index is 4.28. The third kappa shape index (κ3) is 1.45. The molecule has 0 radical (unpaired) electrons. The summed E-state index contributed by atoms with van der Waals surface area (Å²) in [4.78, 5) is 1.03. The van der Waals surface area contributed by atoms with Gasteiger partial charge in [-0.2, -0.15) is 0 Å². The van der Waals surface area contributed by atoms with E-state index in [1.807, 2.05) is 32.2 Å². The third-order valence-electron chi connectivity index (χ3n) is 1.50. The Hall–Kier alpha value is -0.630. The Morgan fingerprint density at radius 2 is 2.10 bits per heavy atom. The number of thiol groups is 1. The quantitative estimate of drug-likeness (QED) is 0.590. The predicted molar refractivity (Wildman–Crippen MR) is 48.0 cm³/mol. The maximum Gasteiger partial charge on any atom is 0.0348 e. The summed E-state index contributed by atoms with van der Waals surface area (Å²) in [6.07, 6.45) is 0. The fourth-order valence-corrected chi connectivity index (χ4v) is 0.979. The molecule has 0 aliphatic carbocycles. The number of nitrogens with one attached hydrogen (secondary N) is 1. The van der Waals surface area contributed by atoms with Crippen molar-refractivity contribution in [3.05, 3.63) is 23.8 Å². The van der Waals surface area contributed by atoms with E-state index in [-0.39, 0.29) is 0 Å². The summed E-state index contributed by atoms with van der Waals surface area (Å²) in [5.74, 6) is 0. The summed E-state index contributed by atoms with van der Waals surface area (Å²) < 4.78 is 0. The van der Waals surface area contributed by atoms with Gasteiger partial charge in [-0.3, -0.25) is 0 Å². The van der Waals surface area contributed by atoms with E-state index in [2.05, 4.69) is 17.9 Å². The van der Waals surface area contributed by atoms with Gasteiger partial charge in [-0.15, -0.1) is 12.6 Å². The van der Waals surface area contributed by atoms with Gasteiger partial charge in [0.1, 0.15) is 0 Å². The summed E-state index contributed by atoms with van der Waals surface area (Å²) in [6, 6.07) is 6.10. The topological polar surface area (TPSA) is 12.0 Å². The fourth-order valence-electron chi connectivity index (χ4n) is 0.765. The van der Waals surface area contributed by atoms with Crippen molar-refractivity contribution in [2.75, 3.05) is 12.4 Å². The second kappa shape index (κ2) is 2.97. The molecule has 0 unspecified atom stereocenters. The molecule has 1 aromatic rings. The van der Waals surface area contributed by atoms with E-state index in [0.29, 0.717) is 0 Å². The predicted octanol–water partition coefficient (Wildman–Crippen LogP) is 2.33. The number of benzene rings is 1. The van der Waals surface area contributed by atoms with Crippen LogP contribution in [0.2, 0.25) is 0 Å². The Morgan fingerprint density at radius 1 is 1.40 bits per heavy atom. The highest BCUT2D eigenvalue weighted by molar-refractivity contribution is 7.80. The Morgan fingerprint density at radius 3 is 2.60 bits per heavy atom. The minimum absolute atomic E-state index is 1.03. The largest absolute Gasteiger partial charge is 0.388 e. The van der Waals surface area contributed by atoms with Gasteiger partial charge in [0.2, 0.25) is 0 Å². The first-order chi connectivity index (χ1) is 4.74. The van der Waals surface area contributed by atoms with E-state index in [1.165, 1.54) is 5.56 Å². The molecule has 0 heterocycles. The Bertz CT molecular complexity index is 233. The smallest absolute Gasteiger partial charge is 0.0348 e. The molecular weight excluding hydrogens is 142 g/mol. The minimum atomic E-state index is 1.03. The summed E-state index contributed by atoms with van der Waals surface area (Å²) in [6.45, 7) is 2.04. The average molecular weight is 153 g/mol. The van der Waals surface area contributed by atoms with Crippen LogP contribution in [0.3, 0.4) is 0 Å². The minimum Gasteiger partial charge on any atom is -0.388 e. The molecule has 0 spiro atoms. The van der Waals surface area contributed by atoms with E-state index in [1.54, 1.807) is 0 Å². The van der Waals surface area contributed by atoms with E-state index in [9.17, 15) is 0 Å². The van der Waals surface area contributed by atoms with Crippen molar-refractivity contribution in [2.45, 2.75) is 11.8 Å². The molecule has 1 nitrogen and oxygen atoms in total. The lowest BCUT2D eigenvalue weighted by molar-refractivity contribution is 1.30. The van der Waals surface area contributed by atoms with Gasteiger partial charge in [-0.05, 0) is 24.6 Å². The molecule has 0 atom stereocenters. The molecule has 0 aromatic heterocycles. The second-order valence-electron chi connectivity index (χ2n) is 2.25. The van der Waals surface area contributed by atoms with Crippen molar-refractivity contribution < 1.29 is 0 Å². The first-order valence-corrected chi connectivity index (χ1v) is 3.66. The molecule has 1 rings (SSSR count). The van der Waals surface area contributed by atoms with Crippen LogP contribution in [0.15, 0.2) is 23.1 Å². The van der Waals surface area contributed by atoms with Crippen LogP contribution < -0.4 is 5.32 Å². The molecule has 0 bridgehead atoms. The van der Waals surface area contributed by atoms with Gasteiger partial charge in [0, 0.05) is 17.6 Å². The molecule has 2 heteroatoms. The lowest BCUT2D eigenvalue weighted by atomic mass is 10.2. The van der Waals surface area contributed by atoms with Gasteiger partial charge >= 0.3 is 0 Å². The molecule has 10 heavy (non-hydrogen) atoms.